The molecule has 100 valence electrons. The summed E-state index contributed by atoms with van der Waals surface area (Å²) >= 11 is 0. The average molecular weight is 279 g/mol. The van der Waals surface area contributed by atoms with Crippen LogP contribution in [0.1, 0.15) is 5.56 Å². The average Bonchev–Trinajstić information content (AvgIpc) is 2.44. The summed E-state index contributed by atoms with van der Waals surface area (Å²) < 4.78 is 31.0. The predicted molar refractivity (Wildman–Crippen MR) is 73.9 cm³/mol. The predicted octanol–water partition coefficient (Wildman–Crippen LogP) is 2.72. The van der Waals surface area contributed by atoms with E-state index < -0.39 is 16.6 Å². The molecule has 0 aliphatic heterocycles. The SMILES string of the molecule is COc1cccc(S(=O)Cc2cccc(N)c2F)c1. The van der Waals surface area contributed by atoms with Gasteiger partial charge in [-0.25, -0.2) is 4.39 Å². The maximum absolute atomic E-state index is 13.7. The van der Waals surface area contributed by atoms with Gasteiger partial charge in [0.25, 0.3) is 0 Å². The van der Waals surface area contributed by atoms with Gasteiger partial charge in [-0.05, 0) is 24.3 Å². The fraction of sp³-hybridized carbons (Fsp3) is 0.143. The summed E-state index contributed by atoms with van der Waals surface area (Å²) in [5.74, 6) is 0.210. The number of nitrogen functional groups attached to an aromatic ring is 1. The lowest BCUT2D eigenvalue weighted by molar-refractivity contribution is 0.413. The molecular formula is C14H14FNO2S. The molecule has 2 rings (SSSR count). The van der Waals surface area contributed by atoms with Crippen molar-refractivity contribution in [3.05, 3.63) is 53.8 Å². The van der Waals surface area contributed by atoms with E-state index in [0.29, 0.717) is 16.2 Å². The van der Waals surface area contributed by atoms with E-state index in [1.807, 2.05) is 0 Å². The largest absolute Gasteiger partial charge is 0.497 e. The first kappa shape index (κ1) is 13.5. The van der Waals surface area contributed by atoms with Gasteiger partial charge in [-0.2, -0.15) is 0 Å². The van der Waals surface area contributed by atoms with E-state index in [0.717, 1.165) is 0 Å². The van der Waals surface area contributed by atoms with Crippen molar-refractivity contribution in [3.63, 3.8) is 0 Å². The van der Waals surface area contributed by atoms with Gasteiger partial charge in [-0.15, -0.1) is 0 Å². The highest BCUT2D eigenvalue weighted by Crippen LogP contribution is 2.21. The van der Waals surface area contributed by atoms with E-state index in [-0.39, 0.29) is 11.4 Å². The summed E-state index contributed by atoms with van der Waals surface area (Å²) in [6.45, 7) is 0. The first-order valence-electron chi connectivity index (χ1n) is 5.67. The zero-order valence-electron chi connectivity index (χ0n) is 10.4. The van der Waals surface area contributed by atoms with Crippen LogP contribution < -0.4 is 10.5 Å². The van der Waals surface area contributed by atoms with Crippen molar-refractivity contribution in [2.75, 3.05) is 12.8 Å². The molecule has 0 aliphatic rings. The molecule has 1 atom stereocenters. The third-order valence-electron chi connectivity index (χ3n) is 2.70. The maximum Gasteiger partial charge on any atom is 0.150 e. The minimum absolute atomic E-state index is 0.0696. The van der Waals surface area contributed by atoms with Gasteiger partial charge in [0.1, 0.15) is 11.6 Å². The molecule has 5 heteroatoms. The molecule has 0 heterocycles. The molecule has 2 aromatic rings. The lowest BCUT2D eigenvalue weighted by Crippen LogP contribution is -2.02. The third-order valence-corrected chi connectivity index (χ3v) is 4.05. The molecule has 0 spiro atoms. The highest BCUT2D eigenvalue weighted by Gasteiger charge is 2.11. The van der Waals surface area contributed by atoms with Gasteiger partial charge in [-0.1, -0.05) is 18.2 Å². The molecule has 0 radical (unpaired) electrons. The summed E-state index contributed by atoms with van der Waals surface area (Å²) in [7, 11) is 0.201. The summed E-state index contributed by atoms with van der Waals surface area (Å²) in [6.07, 6.45) is 0. The van der Waals surface area contributed by atoms with Crippen LogP contribution in [0.25, 0.3) is 0 Å². The quantitative estimate of drug-likeness (QED) is 0.875. The Labute approximate surface area is 113 Å². The summed E-state index contributed by atoms with van der Waals surface area (Å²) in [6, 6.07) is 11.6. The van der Waals surface area contributed by atoms with E-state index in [1.165, 1.54) is 6.07 Å². The van der Waals surface area contributed by atoms with Gasteiger partial charge < -0.3 is 10.5 Å². The lowest BCUT2D eigenvalue weighted by atomic mass is 10.2. The number of methoxy groups -OCH3 is 1. The number of hydrogen-bond donors (Lipinski definition) is 1. The van der Waals surface area contributed by atoms with Crippen molar-refractivity contribution in [2.24, 2.45) is 0 Å². The Bertz CT molecular complexity index is 616. The topological polar surface area (TPSA) is 52.3 Å². The summed E-state index contributed by atoms with van der Waals surface area (Å²) in [5.41, 5.74) is 5.90. The Morgan fingerprint density at radius 2 is 2.00 bits per heavy atom. The Kier molecular flexibility index (Phi) is 4.16. The smallest absolute Gasteiger partial charge is 0.150 e. The number of hydrogen-bond acceptors (Lipinski definition) is 3. The van der Waals surface area contributed by atoms with Crippen molar-refractivity contribution < 1.29 is 13.3 Å². The molecule has 0 aromatic heterocycles. The molecule has 0 saturated carbocycles. The van der Waals surface area contributed by atoms with Gasteiger partial charge in [0.05, 0.1) is 29.3 Å². The molecule has 2 N–H and O–H groups in total. The van der Waals surface area contributed by atoms with Gasteiger partial charge in [0, 0.05) is 10.5 Å². The normalized spacial score (nSPS) is 12.1. The fourth-order valence-corrected chi connectivity index (χ4v) is 2.83. The Balaban J connectivity index is 2.23. The molecule has 0 fully saturated rings. The van der Waals surface area contributed by atoms with E-state index in [2.05, 4.69) is 0 Å². The second-order valence-corrected chi connectivity index (χ2v) is 5.44. The molecular weight excluding hydrogens is 265 g/mol. The molecule has 1 unspecified atom stereocenters. The first-order chi connectivity index (χ1) is 9.11. The third kappa shape index (κ3) is 3.12. The number of benzene rings is 2. The van der Waals surface area contributed by atoms with Crippen LogP contribution in [0.3, 0.4) is 0 Å². The summed E-state index contributed by atoms with van der Waals surface area (Å²) in [5, 5.41) is 0. The number of nitrogens with two attached hydrogens (primary N) is 1. The lowest BCUT2D eigenvalue weighted by Gasteiger charge is -2.07. The van der Waals surface area contributed by atoms with Gasteiger partial charge in [0.15, 0.2) is 0 Å². The zero-order valence-corrected chi connectivity index (χ0v) is 11.2. The second kappa shape index (κ2) is 5.84. The second-order valence-electron chi connectivity index (χ2n) is 3.99. The van der Waals surface area contributed by atoms with E-state index in [4.69, 9.17) is 10.5 Å². The standard InChI is InChI=1S/C14H14FNO2S/c1-18-11-5-3-6-12(8-11)19(17)9-10-4-2-7-13(16)14(10)15/h2-8H,9,16H2,1H3. The van der Waals surface area contributed by atoms with Crippen molar-refractivity contribution in [1.29, 1.82) is 0 Å². The Morgan fingerprint density at radius 3 is 2.74 bits per heavy atom. The van der Waals surface area contributed by atoms with Crippen molar-refractivity contribution in [2.45, 2.75) is 10.6 Å². The number of ether oxygens (including phenoxy) is 1. The van der Waals surface area contributed by atoms with Crippen LogP contribution in [0.5, 0.6) is 5.75 Å². The van der Waals surface area contributed by atoms with Crippen LogP contribution in [0.2, 0.25) is 0 Å². The monoisotopic (exact) mass is 279 g/mol. The first-order valence-corrected chi connectivity index (χ1v) is 6.99. The Hall–Kier alpha value is -1.88. The van der Waals surface area contributed by atoms with Crippen LogP contribution in [-0.4, -0.2) is 11.3 Å². The molecule has 2 aromatic carbocycles. The van der Waals surface area contributed by atoms with Crippen molar-refractivity contribution in [3.8, 4) is 5.75 Å². The van der Waals surface area contributed by atoms with Gasteiger partial charge >= 0.3 is 0 Å². The minimum atomic E-state index is -1.34. The van der Waals surface area contributed by atoms with Crippen molar-refractivity contribution >= 4 is 16.5 Å². The van der Waals surface area contributed by atoms with E-state index >= 15 is 0 Å². The summed E-state index contributed by atoms with van der Waals surface area (Å²) in [4.78, 5) is 0.598. The van der Waals surface area contributed by atoms with Crippen LogP contribution in [0, 0.1) is 5.82 Å². The maximum atomic E-state index is 13.7. The van der Waals surface area contributed by atoms with Crippen LogP contribution in [-0.2, 0) is 16.6 Å². The van der Waals surface area contributed by atoms with E-state index in [1.54, 1.807) is 43.5 Å². The van der Waals surface area contributed by atoms with Crippen LogP contribution in [0.4, 0.5) is 10.1 Å². The van der Waals surface area contributed by atoms with Crippen molar-refractivity contribution in [1.82, 2.24) is 0 Å². The Morgan fingerprint density at radius 1 is 1.26 bits per heavy atom. The number of rotatable bonds is 4. The van der Waals surface area contributed by atoms with Gasteiger partial charge in [0.2, 0.25) is 0 Å². The van der Waals surface area contributed by atoms with Crippen LogP contribution >= 0.6 is 0 Å². The highest BCUT2D eigenvalue weighted by atomic mass is 32.2. The fourth-order valence-electron chi connectivity index (χ4n) is 1.68. The molecule has 3 nitrogen and oxygen atoms in total. The minimum Gasteiger partial charge on any atom is -0.497 e. The molecule has 0 aliphatic carbocycles. The van der Waals surface area contributed by atoms with E-state index in [9.17, 15) is 8.60 Å². The van der Waals surface area contributed by atoms with Gasteiger partial charge in [-0.3, -0.25) is 4.21 Å². The highest BCUT2D eigenvalue weighted by molar-refractivity contribution is 7.84. The van der Waals surface area contributed by atoms with Crippen LogP contribution in [0.15, 0.2) is 47.4 Å². The number of anilines is 1. The zero-order chi connectivity index (χ0) is 13.8. The molecule has 19 heavy (non-hydrogen) atoms. The number of halogens is 1. The molecule has 0 saturated heterocycles. The molecule has 0 amide bonds. The molecule has 0 bridgehead atoms.